The molecule has 0 aliphatic rings. The third-order valence-electron chi connectivity index (χ3n) is 2.74. The van der Waals surface area contributed by atoms with Crippen LogP contribution in [0.15, 0.2) is 18.3 Å². The van der Waals surface area contributed by atoms with Crippen molar-refractivity contribution in [1.82, 2.24) is 9.88 Å². The van der Waals surface area contributed by atoms with Crippen LogP contribution < -0.4 is 4.90 Å². The van der Waals surface area contributed by atoms with Crippen LogP contribution in [0.3, 0.4) is 0 Å². The Labute approximate surface area is 104 Å². The minimum absolute atomic E-state index is 0.438. The highest BCUT2D eigenvalue weighted by Crippen LogP contribution is 2.16. The molecular formula is C13H23N3O. The summed E-state index contributed by atoms with van der Waals surface area (Å²) in [5, 5.41) is 9.53. The second kappa shape index (κ2) is 6.57. The van der Waals surface area contributed by atoms with E-state index < -0.39 is 6.10 Å². The van der Waals surface area contributed by atoms with Gasteiger partial charge in [0.15, 0.2) is 0 Å². The lowest BCUT2D eigenvalue weighted by molar-refractivity contribution is 0.199. The van der Waals surface area contributed by atoms with Gasteiger partial charge in [0.05, 0.1) is 6.10 Å². The van der Waals surface area contributed by atoms with E-state index in [0.717, 1.165) is 30.9 Å². The zero-order valence-electron chi connectivity index (χ0n) is 11.2. The SMILES string of the molecule is C[C@@H](O)c1ccnc(N(C)CCCN(C)C)c1. The average molecular weight is 237 g/mol. The van der Waals surface area contributed by atoms with Crippen LogP contribution in [0.25, 0.3) is 0 Å². The summed E-state index contributed by atoms with van der Waals surface area (Å²) in [5.74, 6) is 0.919. The van der Waals surface area contributed by atoms with Gasteiger partial charge in [-0.1, -0.05) is 0 Å². The van der Waals surface area contributed by atoms with Crippen molar-refractivity contribution in [2.24, 2.45) is 0 Å². The molecule has 17 heavy (non-hydrogen) atoms. The van der Waals surface area contributed by atoms with Gasteiger partial charge in [-0.25, -0.2) is 4.98 Å². The average Bonchev–Trinajstić information content (AvgIpc) is 2.28. The zero-order valence-corrected chi connectivity index (χ0v) is 11.2. The van der Waals surface area contributed by atoms with Crippen LogP contribution in [0, 0.1) is 0 Å². The highest BCUT2D eigenvalue weighted by molar-refractivity contribution is 5.40. The van der Waals surface area contributed by atoms with Crippen LogP contribution in [0.4, 0.5) is 5.82 Å². The molecule has 0 fully saturated rings. The van der Waals surface area contributed by atoms with Crippen LogP contribution in [0.1, 0.15) is 25.0 Å². The number of anilines is 1. The van der Waals surface area contributed by atoms with E-state index >= 15 is 0 Å². The van der Waals surface area contributed by atoms with E-state index in [1.165, 1.54) is 0 Å². The predicted octanol–water partition coefficient (Wildman–Crippen LogP) is 1.52. The maximum atomic E-state index is 9.53. The van der Waals surface area contributed by atoms with Crippen molar-refractivity contribution < 1.29 is 5.11 Å². The minimum Gasteiger partial charge on any atom is -0.389 e. The Balaban J connectivity index is 2.56. The number of pyridine rings is 1. The van der Waals surface area contributed by atoms with Crippen molar-refractivity contribution in [2.45, 2.75) is 19.4 Å². The monoisotopic (exact) mass is 237 g/mol. The summed E-state index contributed by atoms with van der Waals surface area (Å²) in [7, 11) is 6.18. The van der Waals surface area contributed by atoms with Gasteiger partial charge in [-0.2, -0.15) is 0 Å². The Morgan fingerprint density at radius 3 is 2.59 bits per heavy atom. The number of rotatable bonds is 6. The van der Waals surface area contributed by atoms with Crippen molar-refractivity contribution in [2.75, 3.05) is 39.1 Å². The summed E-state index contributed by atoms with van der Waals surface area (Å²) in [5.41, 5.74) is 0.912. The molecule has 4 nitrogen and oxygen atoms in total. The van der Waals surface area contributed by atoms with Crippen LogP contribution in [-0.4, -0.2) is 49.2 Å². The fourth-order valence-electron chi connectivity index (χ4n) is 1.64. The molecule has 0 radical (unpaired) electrons. The molecule has 1 aromatic heterocycles. The van der Waals surface area contributed by atoms with Gasteiger partial charge in [-0.3, -0.25) is 0 Å². The minimum atomic E-state index is -0.438. The summed E-state index contributed by atoms with van der Waals surface area (Å²) in [4.78, 5) is 8.62. The van der Waals surface area contributed by atoms with E-state index in [4.69, 9.17) is 0 Å². The van der Waals surface area contributed by atoms with Gasteiger partial charge in [-0.05, 0) is 51.7 Å². The molecule has 0 saturated carbocycles. The molecule has 0 spiro atoms. The fourth-order valence-corrected chi connectivity index (χ4v) is 1.64. The first kappa shape index (κ1) is 13.9. The van der Waals surface area contributed by atoms with E-state index in [1.54, 1.807) is 13.1 Å². The maximum Gasteiger partial charge on any atom is 0.128 e. The quantitative estimate of drug-likeness (QED) is 0.814. The molecule has 1 N–H and O–H groups in total. The molecule has 1 rings (SSSR count). The zero-order chi connectivity index (χ0) is 12.8. The maximum absolute atomic E-state index is 9.53. The van der Waals surface area contributed by atoms with Gasteiger partial charge >= 0.3 is 0 Å². The van der Waals surface area contributed by atoms with E-state index in [2.05, 4.69) is 28.9 Å². The Hall–Kier alpha value is -1.13. The summed E-state index contributed by atoms with van der Waals surface area (Å²) < 4.78 is 0. The van der Waals surface area contributed by atoms with Crippen LogP contribution in [-0.2, 0) is 0 Å². The van der Waals surface area contributed by atoms with Gasteiger partial charge in [0.2, 0.25) is 0 Å². The van der Waals surface area contributed by atoms with Crippen LogP contribution >= 0.6 is 0 Å². The van der Waals surface area contributed by atoms with E-state index in [1.807, 2.05) is 19.2 Å². The van der Waals surface area contributed by atoms with Gasteiger partial charge in [0, 0.05) is 19.8 Å². The Morgan fingerprint density at radius 1 is 1.29 bits per heavy atom. The van der Waals surface area contributed by atoms with Crippen molar-refractivity contribution >= 4 is 5.82 Å². The Morgan fingerprint density at radius 2 is 2.00 bits per heavy atom. The number of aliphatic hydroxyl groups is 1. The van der Waals surface area contributed by atoms with Crippen molar-refractivity contribution in [3.63, 3.8) is 0 Å². The standard InChI is InChI=1S/C13H23N3O/c1-11(17)12-6-7-14-13(10-12)16(4)9-5-8-15(2)3/h6-7,10-11,17H,5,8-9H2,1-4H3/t11-/m1/s1. The summed E-state index contributed by atoms with van der Waals surface area (Å²) >= 11 is 0. The third kappa shape index (κ3) is 4.71. The molecule has 1 heterocycles. The first-order chi connectivity index (χ1) is 8.00. The second-order valence-electron chi connectivity index (χ2n) is 4.70. The highest BCUT2D eigenvalue weighted by atomic mass is 16.3. The number of hydrogen-bond acceptors (Lipinski definition) is 4. The largest absolute Gasteiger partial charge is 0.389 e. The van der Waals surface area contributed by atoms with Gasteiger partial charge in [0.1, 0.15) is 5.82 Å². The molecule has 0 aromatic carbocycles. The lowest BCUT2D eigenvalue weighted by Gasteiger charge is -2.20. The molecule has 1 atom stereocenters. The van der Waals surface area contributed by atoms with Crippen molar-refractivity contribution in [1.29, 1.82) is 0 Å². The number of nitrogens with zero attached hydrogens (tertiary/aromatic N) is 3. The molecule has 4 heteroatoms. The molecule has 96 valence electrons. The molecule has 0 aliphatic carbocycles. The number of aromatic nitrogens is 1. The molecule has 0 unspecified atom stereocenters. The van der Waals surface area contributed by atoms with E-state index in [0.29, 0.717) is 0 Å². The van der Waals surface area contributed by atoms with Gasteiger partial charge in [-0.15, -0.1) is 0 Å². The molecule has 0 aliphatic heterocycles. The van der Waals surface area contributed by atoms with Gasteiger partial charge < -0.3 is 14.9 Å². The van der Waals surface area contributed by atoms with Crippen molar-refractivity contribution in [3.8, 4) is 0 Å². The molecule has 0 amide bonds. The van der Waals surface area contributed by atoms with Gasteiger partial charge in [0.25, 0.3) is 0 Å². The Kier molecular flexibility index (Phi) is 5.38. The number of aliphatic hydroxyl groups excluding tert-OH is 1. The topological polar surface area (TPSA) is 39.6 Å². The first-order valence-electron chi connectivity index (χ1n) is 6.00. The molecule has 1 aromatic rings. The third-order valence-corrected chi connectivity index (χ3v) is 2.74. The molecule has 0 saturated heterocycles. The highest BCUT2D eigenvalue weighted by Gasteiger charge is 2.06. The number of hydrogen-bond donors (Lipinski definition) is 1. The van der Waals surface area contributed by atoms with E-state index in [-0.39, 0.29) is 0 Å². The Bertz CT molecular complexity index is 339. The van der Waals surface area contributed by atoms with Crippen LogP contribution in [0.2, 0.25) is 0 Å². The fraction of sp³-hybridized carbons (Fsp3) is 0.615. The smallest absolute Gasteiger partial charge is 0.128 e. The normalized spacial score (nSPS) is 12.8. The molecular weight excluding hydrogens is 214 g/mol. The summed E-state index contributed by atoms with van der Waals surface area (Å²) in [6.07, 6.45) is 2.41. The lowest BCUT2D eigenvalue weighted by Crippen LogP contribution is -2.24. The van der Waals surface area contributed by atoms with Crippen LogP contribution in [0.5, 0.6) is 0 Å². The predicted molar refractivity (Wildman–Crippen MR) is 71.3 cm³/mol. The molecule has 0 bridgehead atoms. The summed E-state index contributed by atoms with van der Waals surface area (Å²) in [6.45, 7) is 3.81. The second-order valence-corrected chi connectivity index (χ2v) is 4.70. The van der Waals surface area contributed by atoms with E-state index in [9.17, 15) is 5.11 Å². The first-order valence-corrected chi connectivity index (χ1v) is 6.00. The lowest BCUT2D eigenvalue weighted by atomic mass is 10.1. The van der Waals surface area contributed by atoms with Crippen molar-refractivity contribution in [3.05, 3.63) is 23.9 Å². The summed E-state index contributed by atoms with van der Waals surface area (Å²) in [6, 6.07) is 3.79.